The lowest BCUT2D eigenvalue weighted by atomic mass is 10.1. The van der Waals surface area contributed by atoms with Gasteiger partial charge in [0.05, 0.1) is 23.5 Å². The molecule has 5 heteroatoms. The Kier molecular flexibility index (Phi) is 6.47. The van der Waals surface area contributed by atoms with Gasteiger partial charge in [-0.15, -0.1) is 0 Å². The van der Waals surface area contributed by atoms with Crippen LogP contribution in [-0.4, -0.2) is 13.3 Å². The number of likely N-dealkylation sites (N-methyl/N-ethyl adjacent to an activating group) is 1. The van der Waals surface area contributed by atoms with Gasteiger partial charge in [0.25, 0.3) is 0 Å². The third-order valence-corrected chi connectivity index (χ3v) is 3.57. The van der Waals surface area contributed by atoms with Crippen molar-refractivity contribution in [3.8, 4) is 6.07 Å². The van der Waals surface area contributed by atoms with Crippen LogP contribution < -0.4 is 10.7 Å². The van der Waals surface area contributed by atoms with E-state index in [1.807, 2.05) is 49.5 Å². The predicted molar refractivity (Wildman–Crippen MR) is 105 cm³/mol. The Morgan fingerprint density at radius 3 is 2.77 bits per heavy atom. The van der Waals surface area contributed by atoms with E-state index in [4.69, 9.17) is 5.26 Å². The van der Waals surface area contributed by atoms with E-state index in [1.54, 1.807) is 0 Å². The fourth-order valence-electron chi connectivity index (χ4n) is 2.10. The largest absolute Gasteiger partial charge is 0.389 e. The molecule has 130 valence electrons. The molecule has 4 nitrogen and oxygen atoms in total. The Balaban J connectivity index is 2.09. The Labute approximate surface area is 152 Å². The standard InChI is InChI=1S/C21H19FN4/c1-15(24-3)7-8-17-5-4-6-18(11-17)16(2)26-25-14-20-12-21(22)10-9-19(20)13-23/h4-12,14,24,26H,1-2H2,3H3/b8-7+,25-14+. The van der Waals surface area contributed by atoms with Crippen molar-refractivity contribution in [3.63, 3.8) is 0 Å². The van der Waals surface area contributed by atoms with Crippen molar-refractivity contribution in [3.05, 3.63) is 95.5 Å². The number of nitrogens with zero attached hydrogens (tertiary/aromatic N) is 2. The molecule has 2 aromatic rings. The number of hydrogen-bond acceptors (Lipinski definition) is 4. The molecule has 0 aliphatic heterocycles. The quantitative estimate of drug-likeness (QED) is 0.452. The molecule has 0 spiro atoms. The number of nitrogens with one attached hydrogen (secondary N) is 2. The number of allylic oxidation sites excluding steroid dienone is 1. The number of hydrogen-bond donors (Lipinski definition) is 2. The van der Waals surface area contributed by atoms with Crippen molar-refractivity contribution in [2.45, 2.75) is 0 Å². The zero-order chi connectivity index (χ0) is 18.9. The van der Waals surface area contributed by atoms with Crippen LogP contribution in [0.5, 0.6) is 0 Å². The SMILES string of the molecule is C=C(/C=C/c1cccc(C(=C)N/N=C/c2cc(F)ccc2C#N)c1)NC. The summed E-state index contributed by atoms with van der Waals surface area (Å²) in [6, 6.07) is 13.6. The van der Waals surface area contributed by atoms with Gasteiger partial charge >= 0.3 is 0 Å². The molecule has 0 aromatic heterocycles. The molecule has 0 fully saturated rings. The van der Waals surface area contributed by atoms with E-state index in [0.717, 1.165) is 16.8 Å². The lowest BCUT2D eigenvalue weighted by molar-refractivity contribution is 0.627. The van der Waals surface area contributed by atoms with Crippen molar-refractivity contribution >= 4 is 18.0 Å². The second-order valence-electron chi connectivity index (χ2n) is 5.43. The molecule has 0 aliphatic rings. The first-order chi connectivity index (χ1) is 12.5. The van der Waals surface area contributed by atoms with Crippen molar-refractivity contribution < 1.29 is 4.39 Å². The number of rotatable bonds is 7. The third-order valence-electron chi connectivity index (χ3n) is 3.57. The second kappa shape index (κ2) is 9.00. The third kappa shape index (κ3) is 5.18. The van der Waals surface area contributed by atoms with E-state index in [9.17, 15) is 4.39 Å². The summed E-state index contributed by atoms with van der Waals surface area (Å²) in [6.07, 6.45) is 5.21. The number of benzene rings is 2. The molecule has 0 bridgehead atoms. The minimum absolute atomic E-state index is 0.347. The van der Waals surface area contributed by atoms with Gasteiger partial charge in [-0.05, 0) is 41.5 Å². The monoisotopic (exact) mass is 346 g/mol. The summed E-state index contributed by atoms with van der Waals surface area (Å²) in [5.74, 6) is -0.424. The highest BCUT2D eigenvalue weighted by molar-refractivity contribution is 5.83. The lowest BCUT2D eigenvalue weighted by Gasteiger charge is -2.06. The van der Waals surface area contributed by atoms with E-state index >= 15 is 0 Å². The van der Waals surface area contributed by atoms with Crippen LogP contribution in [0.25, 0.3) is 11.8 Å². The summed E-state index contributed by atoms with van der Waals surface area (Å²) in [5.41, 5.74) is 6.79. The summed E-state index contributed by atoms with van der Waals surface area (Å²) in [4.78, 5) is 0. The van der Waals surface area contributed by atoms with E-state index in [0.29, 0.717) is 16.8 Å². The zero-order valence-corrected chi connectivity index (χ0v) is 14.5. The molecule has 0 radical (unpaired) electrons. The number of hydrazone groups is 1. The van der Waals surface area contributed by atoms with Gasteiger partial charge in [-0.2, -0.15) is 10.4 Å². The van der Waals surface area contributed by atoms with Crippen LogP contribution in [0.2, 0.25) is 0 Å². The first kappa shape index (κ1) is 18.7. The van der Waals surface area contributed by atoms with Crippen molar-refractivity contribution in [2.24, 2.45) is 5.10 Å². The lowest BCUT2D eigenvalue weighted by Crippen LogP contribution is -2.04. The van der Waals surface area contributed by atoms with Gasteiger partial charge in [-0.1, -0.05) is 37.4 Å². The number of nitriles is 1. The fraction of sp³-hybridized carbons (Fsp3) is 0.0476. The van der Waals surface area contributed by atoms with Gasteiger partial charge in [-0.3, -0.25) is 5.43 Å². The van der Waals surface area contributed by atoms with E-state index in [-0.39, 0.29) is 0 Å². The first-order valence-electron chi connectivity index (χ1n) is 7.86. The molecule has 0 saturated carbocycles. The maximum Gasteiger partial charge on any atom is 0.123 e. The molecule has 26 heavy (non-hydrogen) atoms. The molecule has 0 aliphatic carbocycles. The predicted octanol–water partition coefficient (Wildman–Crippen LogP) is 4.04. The first-order valence-corrected chi connectivity index (χ1v) is 7.86. The molecular formula is C21H19FN4. The molecule has 0 atom stereocenters. The summed E-state index contributed by atoms with van der Waals surface area (Å²) in [6.45, 7) is 7.79. The van der Waals surface area contributed by atoms with Crippen molar-refractivity contribution in [2.75, 3.05) is 7.05 Å². The van der Waals surface area contributed by atoms with Crippen molar-refractivity contribution in [1.29, 1.82) is 5.26 Å². The molecule has 2 aromatic carbocycles. The molecule has 0 heterocycles. The summed E-state index contributed by atoms with van der Waals surface area (Å²) >= 11 is 0. The highest BCUT2D eigenvalue weighted by atomic mass is 19.1. The van der Waals surface area contributed by atoms with E-state index in [2.05, 4.69) is 29.0 Å². The van der Waals surface area contributed by atoms with Gasteiger partial charge in [-0.25, -0.2) is 4.39 Å². The van der Waals surface area contributed by atoms with Gasteiger partial charge < -0.3 is 5.32 Å². The normalized spacial score (nSPS) is 10.7. The van der Waals surface area contributed by atoms with E-state index < -0.39 is 5.82 Å². The molecular weight excluding hydrogens is 327 g/mol. The van der Waals surface area contributed by atoms with Crippen LogP contribution in [0.4, 0.5) is 4.39 Å². The molecule has 0 unspecified atom stereocenters. The molecule has 0 saturated heterocycles. The second-order valence-corrected chi connectivity index (χ2v) is 5.43. The molecule has 2 N–H and O–H groups in total. The van der Waals surface area contributed by atoms with Gasteiger partial charge in [0.15, 0.2) is 0 Å². The van der Waals surface area contributed by atoms with Crippen LogP contribution in [0.1, 0.15) is 22.3 Å². The topological polar surface area (TPSA) is 60.2 Å². The summed E-state index contributed by atoms with van der Waals surface area (Å²) in [7, 11) is 1.81. The van der Waals surface area contributed by atoms with Gasteiger partial charge in [0, 0.05) is 18.3 Å². The Morgan fingerprint density at radius 2 is 2.04 bits per heavy atom. The Bertz CT molecular complexity index is 920. The minimum atomic E-state index is -0.424. The van der Waals surface area contributed by atoms with E-state index in [1.165, 1.54) is 24.4 Å². The van der Waals surface area contributed by atoms with Crippen molar-refractivity contribution in [1.82, 2.24) is 10.7 Å². The van der Waals surface area contributed by atoms with Crippen LogP contribution in [0, 0.1) is 17.1 Å². The number of halogens is 1. The summed E-state index contributed by atoms with van der Waals surface area (Å²) in [5, 5.41) is 16.0. The maximum absolute atomic E-state index is 13.3. The average molecular weight is 346 g/mol. The Morgan fingerprint density at radius 1 is 1.23 bits per heavy atom. The fourth-order valence-corrected chi connectivity index (χ4v) is 2.10. The van der Waals surface area contributed by atoms with Gasteiger partial charge in [0.2, 0.25) is 0 Å². The van der Waals surface area contributed by atoms with Crippen LogP contribution in [0.15, 0.2) is 72.5 Å². The highest BCUT2D eigenvalue weighted by Crippen LogP contribution is 2.14. The zero-order valence-electron chi connectivity index (χ0n) is 14.5. The smallest absolute Gasteiger partial charge is 0.123 e. The Hall–Kier alpha value is -3.65. The molecule has 2 rings (SSSR count). The van der Waals surface area contributed by atoms with Crippen LogP contribution in [-0.2, 0) is 0 Å². The molecule has 0 amide bonds. The van der Waals surface area contributed by atoms with Crippen LogP contribution in [0.3, 0.4) is 0 Å². The maximum atomic E-state index is 13.3. The average Bonchev–Trinajstić information content (AvgIpc) is 2.66. The summed E-state index contributed by atoms with van der Waals surface area (Å²) < 4.78 is 13.3. The van der Waals surface area contributed by atoms with Gasteiger partial charge in [0.1, 0.15) is 5.82 Å². The minimum Gasteiger partial charge on any atom is -0.389 e. The van der Waals surface area contributed by atoms with Crippen LogP contribution >= 0.6 is 0 Å². The highest BCUT2D eigenvalue weighted by Gasteiger charge is 2.02.